The fourth-order valence-corrected chi connectivity index (χ4v) is 5.48. The lowest BCUT2D eigenvalue weighted by molar-refractivity contribution is 0.308. The van der Waals surface area contributed by atoms with E-state index in [4.69, 9.17) is 5.26 Å². The molecule has 1 nitrogen and oxygen atoms in total. The topological polar surface area (TPSA) is 23.8 Å². The van der Waals surface area contributed by atoms with Gasteiger partial charge in [0.25, 0.3) is 0 Å². The molecule has 1 saturated carbocycles. The Morgan fingerprint density at radius 1 is 1.00 bits per heavy atom. The van der Waals surface area contributed by atoms with Gasteiger partial charge >= 0.3 is 0 Å². The molecule has 3 heteroatoms. The van der Waals surface area contributed by atoms with E-state index in [1.165, 1.54) is 38.5 Å². The summed E-state index contributed by atoms with van der Waals surface area (Å²) in [5.41, 5.74) is 3.55. The third-order valence-electron chi connectivity index (χ3n) is 7.15. The molecule has 1 unspecified atom stereocenters. The van der Waals surface area contributed by atoms with E-state index in [2.05, 4.69) is 13.0 Å². The van der Waals surface area contributed by atoms with Gasteiger partial charge in [-0.1, -0.05) is 38.0 Å². The summed E-state index contributed by atoms with van der Waals surface area (Å²) in [5, 5.41) is 9.02. The van der Waals surface area contributed by atoms with Crippen molar-refractivity contribution in [2.24, 2.45) is 5.92 Å². The maximum atomic E-state index is 15.0. The molecule has 4 rings (SSSR count). The highest BCUT2D eigenvalue weighted by atomic mass is 19.1. The van der Waals surface area contributed by atoms with Gasteiger partial charge < -0.3 is 0 Å². The highest BCUT2D eigenvalue weighted by Crippen LogP contribution is 2.40. The predicted molar refractivity (Wildman–Crippen MR) is 112 cm³/mol. The Hall–Kier alpha value is -2.21. The van der Waals surface area contributed by atoms with Crippen molar-refractivity contribution >= 4 is 0 Å². The number of nitrogens with zero attached hydrogens (tertiary/aromatic N) is 1. The van der Waals surface area contributed by atoms with Gasteiger partial charge in [-0.05, 0) is 97.1 Å². The summed E-state index contributed by atoms with van der Waals surface area (Å²) in [7, 11) is 0. The summed E-state index contributed by atoms with van der Waals surface area (Å²) in [6.45, 7) is 2.25. The first-order chi connectivity index (χ1) is 14.1. The van der Waals surface area contributed by atoms with Crippen molar-refractivity contribution in [1.29, 1.82) is 5.26 Å². The molecule has 0 aliphatic heterocycles. The zero-order chi connectivity index (χ0) is 20.4. The largest absolute Gasteiger partial charge is 0.207 e. The molecule has 2 aromatic rings. The van der Waals surface area contributed by atoms with Gasteiger partial charge in [-0.15, -0.1) is 0 Å². The molecule has 29 heavy (non-hydrogen) atoms. The number of hydrogen-bond donors (Lipinski definition) is 0. The molecular weight excluding hydrogens is 364 g/mol. The van der Waals surface area contributed by atoms with Gasteiger partial charge in [0.15, 0.2) is 0 Å². The van der Waals surface area contributed by atoms with E-state index in [1.807, 2.05) is 18.2 Å². The van der Waals surface area contributed by atoms with Gasteiger partial charge in [0.05, 0.1) is 5.56 Å². The van der Waals surface area contributed by atoms with E-state index < -0.39 is 5.82 Å². The van der Waals surface area contributed by atoms with E-state index in [1.54, 1.807) is 12.1 Å². The van der Waals surface area contributed by atoms with Crippen LogP contribution in [0.15, 0.2) is 30.3 Å². The lowest BCUT2D eigenvalue weighted by Gasteiger charge is -2.29. The van der Waals surface area contributed by atoms with Crippen LogP contribution in [0.25, 0.3) is 0 Å². The molecule has 2 aliphatic rings. The zero-order valence-electron chi connectivity index (χ0n) is 17.2. The molecular formula is C26H29F2N. The SMILES string of the molecule is CCCC1CCC(c2ccc(C3CCc4c(ccc(C#N)c4F)C3)c(F)c2)CC1. The van der Waals surface area contributed by atoms with Crippen LogP contribution < -0.4 is 0 Å². The standard InChI is InChI=1S/C26H29F2N/c1-2-3-17-4-6-18(7-5-17)19-10-12-23(25(27)15-19)20-11-13-24-21(14-20)8-9-22(16-29)26(24)28/h8-10,12,15,17-18,20H,2-7,11,13-14H2,1H3. The number of benzene rings is 2. The van der Waals surface area contributed by atoms with Crippen LogP contribution in [0.3, 0.4) is 0 Å². The van der Waals surface area contributed by atoms with Crippen molar-refractivity contribution in [3.63, 3.8) is 0 Å². The minimum absolute atomic E-state index is 0.0733. The molecule has 0 radical (unpaired) electrons. The summed E-state index contributed by atoms with van der Waals surface area (Å²) in [6.07, 6.45) is 9.35. The third-order valence-corrected chi connectivity index (χ3v) is 7.15. The van der Waals surface area contributed by atoms with Gasteiger partial charge in [-0.2, -0.15) is 5.26 Å². The first-order valence-corrected chi connectivity index (χ1v) is 11.1. The molecule has 0 aromatic heterocycles. The third kappa shape index (κ3) is 4.08. The fourth-order valence-electron chi connectivity index (χ4n) is 5.48. The quantitative estimate of drug-likeness (QED) is 0.539. The smallest absolute Gasteiger partial charge is 0.144 e. The summed E-state index contributed by atoms with van der Waals surface area (Å²) < 4.78 is 29.4. The van der Waals surface area contributed by atoms with Gasteiger partial charge in [-0.3, -0.25) is 0 Å². The maximum absolute atomic E-state index is 15.0. The highest BCUT2D eigenvalue weighted by Gasteiger charge is 2.27. The summed E-state index contributed by atoms with van der Waals surface area (Å²) >= 11 is 0. The van der Waals surface area contributed by atoms with Crippen molar-refractivity contribution in [1.82, 2.24) is 0 Å². The Balaban J connectivity index is 1.48. The van der Waals surface area contributed by atoms with Gasteiger partial charge in [-0.25, -0.2) is 8.78 Å². The maximum Gasteiger partial charge on any atom is 0.144 e. The second-order valence-corrected chi connectivity index (χ2v) is 8.90. The summed E-state index contributed by atoms with van der Waals surface area (Å²) in [6, 6.07) is 11.1. The first-order valence-electron chi connectivity index (χ1n) is 11.1. The predicted octanol–water partition coefficient (Wildman–Crippen LogP) is 7.18. The molecule has 0 N–H and O–H groups in total. The van der Waals surface area contributed by atoms with Crippen LogP contribution >= 0.6 is 0 Å². The van der Waals surface area contributed by atoms with E-state index >= 15 is 4.39 Å². The van der Waals surface area contributed by atoms with Crippen LogP contribution in [0, 0.1) is 28.9 Å². The Morgan fingerprint density at radius 3 is 2.48 bits per heavy atom. The van der Waals surface area contributed by atoms with E-state index in [9.17, 15) is 4.39 Å². The van der Waals surface area contributed by atoms with E-state index in [0.29, 0.717) is 24.3 Å². The van der Waals surface area contributed by atoms with Crippen molar-refractivity contribution in [2.75, 3.05) is 0 Å². The molecule has 0 heterocycles. The van der Waals surface area contributed by atoms with Crippen molar-refractivity contribution in [3.8, 4) is 6.07 Å². The van der Waals surface area contributed by atoms with Gasteiger partial charge in [0, 0.05) is 0 Å². The number of fused-ring (bicyclic) bond motifs is 1. The molecule has 2 aromatic carbocycles. The average Bonchev–Trinajstić information content (AvgIpc) is 2.74. The fraction of sp³-hybridized carbons (Fsp3) is 0.500. The normalized spacial score (nSPS) is 24.0. The number of hydrogen-bond acceptors (Lipinski definition) is 1. The highest BCUT2D eigenvalue weighted by molar-refractivity contribution is 5.43. The second kappa shape index (κ2) is 8.66. The van der Waals surface area contributed by atoms with E-state index in [0.717, 1.165) is 29.0 Å². The Morgan fingerprint density at radius 2 is 1.79 bits per heavy atom. The average molecular weight is 394 g/mol. The summed E-state index contributed by atoms with van der Waals surface area (Å²) in [4.78, 5) is 0. The van der Waals surface area contributed by atoms with Crippen molar-refractivity contribution in [2.45, 2.75) is 76.5 Å². The molecule has 152 valence electrons. The Kier molecular flexibility index (Phi) is 5.99. The van der Waals surface area contributed by atoms with Crippen molar-refractivity contribution in [3.05, 3.63) is 69.8 Å². The van der Waals surface area contributed by atoms with Crippen LogP contribution in [0.2, 0.25) is 0 Å². The minimum atomic E-state index is -0.391. The first kappa shape index (κ1) is 20.1. The second-order valence-electron chi connectivity index (χ2n) is 8.90. The lowest BCUT2D eigenvalue weighted by atomic mass is 9.76. The lowest BCUT2D eigenvalue weighted by Crippen LogP contribution is -2.17. The van der Waals surface area contributed by atoms with E-state index in [-0.39, 0.29) is 17.3 Å². The van der Waals surface area contributed by atoms with Crippen molar-refractivity contribution < 1.29 is 8.78 Å². The zero-order valence-corrected chi connectivity index (χ0v) is 17.2. The molecule has 1 fully saturated rings. The van der Waals surface area contributed by atoms with Crippen LogP contribution in [0.4, 0.5) is 8.78 Å². The van der Waals surface area contributed by atoms with Crippen LogP contribution in [-0.2, 0) is 12.8 Å². The molecule has 0 amide bonds. The summed E-state index contributed by atoms with van der Waals surface area (Å²) in [5.74, 6) is 0.907. The van der Waals surface area contributed by atoms with Gasteiger partial charge in [0.1, 0.15) is 17.7 Å². The number of halogens is 2. The minimum Gasteiger partial charge on any atom is -0.207 e. The molecule has 1 atom stereocenters. The monoisotopic (exact) mass is 393 g/mol. The Labute approximate surface area is 172 Å². The van der Waals surface area contributed by atoms with Crippen LogP contribution in [0.1, 0.15) is 91.5 Å². The van der Waals surface area contributed by atoms with Gasteiger partial charge in [0.2, 0.25) is 0 Å². The van der Waals surface area contributed by atoms with Crippen LogP contribution in [-0.4, -0.2) is 0 Å². The number of rotatable bonds is 4. The molecule has 0 spiro atoms. The molecule has 0 saturated heterocycles. The van der Waals surface area contributed by atoms with Crippen LogP contribution in [0.5, 0.6) is 0 Å². The molecule has 2 aliphatic carbocycles. The molecule has 0 bridgehead atoms. The number of nitriles is 1. The Bertz CT molecular complexity index is 919.